The lowest BCUT2D eigenvalue weighted by atomic mass is 9.92. The van der Waals surface area contributed by atoms with Gasteiger partial charge in [0.05, 0.1) is 19.9 Å². The predicted molar refractivity (Wildman–Crippen MR) is 124 cm³/mol. The Balaban J connectivity index is 1.46. The molecule has 2 aliphatic rings. The number of benzene rings is 2. The molecule has 2 aromatic rings. The first-order chi connectivity index (χ1) is 16.3. The minimum Gasteiger partial charge on any atom is -0.497 e. The number of rotatable bonds is 7. The standard InChI is InChI=1S/C24H26N4O6/c1-24(15-6-9-17(33-2)10-7-15)22(31)28(23(32)26-24)14-20(29)25-16-8-11-18(19(13-16)34-3)27-12-4-5-21(27)30/h6-11,13H,4-5,12,14H2,1-3H3,(H,25,29)(H,26,32). The van der Waals surface area contributed by atoms with Gasteiger partial charge in [0.15, 0.2) is 0 Å². The van der Waals surface area contributed by atoms with E-state index in [1.54, 1.807) is 54.3 Å². The van der Waals surface area contributed by atoms with E-state index in [1.807, 2.05) is 0 Å². The van der Waals surface area contributed by atoms with Crippen LogP contribution in [-0.4, -0.2) is 56.0 Å². The monoisotopic (exact) mass is 466 g/mol. The van der Waals surface area contributed by atoms with Gasteiger partial charge in [-0.2, -0.15) is 0 Å². The Kier molecular flexibility index (Phi) is 6.14. The molecule has 4 rings (SSSR count). The maximum atomic E-state index is 13.1. The molecule has 178 valence electrons. The summed E-state index contributed by atoms with van der Waals surface area (Å²) in [6.45, 7) is 1.75. The Hall–Kier alpha value is -4.08. The summed E-state index contributed by atoms with van der Waals surface area (Å²) >= 11 is 0. The third kappa shape index (κ3) is 4.14. The van der Waals surface area contributed by atoms with Crippen LogP contribution < -0.4 is 25.0 Å². The molecule has 0 spiro atoms. The van der Waals surface area contributed by atoms with Crippen LogP contribution >= 0.6 is 0 Å². The molecule has 2 aliphatic heterocycles. The summed E-state index contributed by atoms with van der Waals surface area (Å²) in [4.78, 5) is 52.9. The molecule has 34 heavy (non-hydrogen) atoms. The lowest BCUT2D eigenvalue weighted by Crippen LogP contribution is -2.42. The van der Waals surface area contributed by atoms with Crippen LogP contribution in [-0.2, 0) is 19.9 Å². The Morgan fingerprint density at radius 2 is 1.82 bits per heavy atom. The lowest BCUT2D eigenvalue weighted by Gasteiger charge is -2.22. The van der Waals surface area contributed by atoms with Crippen molar-refractivity contribution in [3.63, 3.8) is 0 Å². The number of nitrogens with zero attached hydrogens (tertiary/aromatic N) is 2. The number of methoxy groups -OCH3 is 2. The molecule has 1 atom stereocenters. The highest BCUT2D eigenvalue weighted by atomic mass is 16.5. The van der Waals surface area contributed by atoms with Gasteiger partial charge in [-0.3, -0.25) is 19.3 Å². The summed E-state index contributed by atoms with van der Waals surface area (Å²) in [6, 6.07) is 11.1. The van der Waals surface area contributed by atoms with Gasteiger partial charge >= 0.3 is 6.03 Å². The van der Waals surface area contributed by atoms with Gasteiger partial charge in [-0.1, -0.05) is 12.1 Å². The smallest absolute Gasteiger partial charge is 0.325 e. The molecule has 0 saturated carbocycles. The van der Waals surface area contributed by atoms with Crippen LogP contribution in [0, 0.1) is 0 Å². The number of anilines is 2. The summed E-state index contributed by atoms with van der Waals surface area (Å²) in [5, 5.41) is 5.36. The Morgan fingerprint density at radius 1 is 1.09 bits per heavy atom. The number of imide groups is 1. The molecular weight excluding hydrogens is 440 g/mol. The van der Waals surface area contributed by atoms with E-state index in [2.05, 4.69) is 10.6 Å². The number of hydrogen-bond acceptors (Lipinski definition) is 6. The largest absolute Gasteiger partial charge is 0.497 e. The fourth-order valence-corrected chi connectivity index (χ4v) is 4.19. The first kappa shape index (κ1) is 23.1. The number of ether oxygens (including phenoxy) is 2. The number of carbonyl (C=O) groups excluding carboxylic acids is 4. The van der Waals surface area contributed by atoms with Crippen LogP contribution in [0.25, 0.3) is 0 Å². The van der Waals surface area contributed by atoms with Gasteiger partial charge in [0.1, 0.15) is 23.6 Å². The number of hydrogen-bond donors (Lipinski definition) is 2. The van der Waals surface area contributed by atoms with Crippen molar-refractivity contribution in [1.29, 1.82) is 0 Å². The fourth-order valence-electron chi connectivity index (χ4n) is 4.19. The lowest BCUT2D eigenvalue weighted by molar-refractivity contribution is -0.133. The van der Waals surface area contributed by atoms with Crippen LogP contribution in [0.5, 0.6) is 11.5 Å². The molecule has 2 saturated heterocycles. The normalized spacial score (nSPS) is 19.9. The van der Waals surface area contributed by atoms with E-state index < -0.39 is 29.9 Å². The highest BCUT2D eigenvalue weighted by molar-refractivity contribution is 6.10. The fraction of sp³-hybridized carbons (Fsp3) is 0.333. The summed E-state index contributed by atoms with van der Waals surface area (Å²) in [6.07, 6.45) is 1.27. The van der Waals surface area contributed by atoms with E-state index in [4.69, 9.17) is 9.47 Å². The average Bonchev–Trinajstić information content (AvgIpc) is 3.35. The topological polar surface area (TPSA) is 117 Å². The minimum absolute atomic E-state index is 0.0218. The van der Waals surface area contributed by atoms with Crippen LogP contribution in [0.1, 0.15) is 25.3 Å². The van der Waals surface area contributed by atoms with Crippen LogP contribution in [0.3, 0.4) is 0 Å². The Morgan fingerprint density at radius 3 is 2.44 bits per heavy atom. The molecule has 0 radical (unpaired) electrons. The molecule has 0 aromatic heterocycles. The molecule has 1 unspecified atom stereocenters. The molecule has 2 aromatic carbocycles. The average molecular weight is 466 g/mol. The van der Waals surface area contributed by atoms with E-state index >= 15 is 0 Å². The number of carbonyl (C=O) groups is 4. The number of urea groups is 1. The van der Waals surface area contributed by atoms with E-state index in [0.717, 1.165) is 11.3 Å². The first-order valence-electron chi connectivity index (χ1n) is 10.8. The molecule has 0 aliphatic carbocycles. The number of amides is 5. The molecular formula is C24H26N4O6. The first-order valence-corrected chi connectivity index (χ1v) is 10.8. The molecule has 5 amide bonds. The summed E-state index contributed by atoms with van der Waals surface area (Å²) in [5.41, 5.74) is 0.331. The van der Waals surface area contributed by atoms with Gasteiger partial charge in [-0.05, 0) is 43.2 Å². The molecule has 0 bridgehead atoms. The van der Waals surface area contributed by atoms with Crippen molar-refractivity contribution in [3.05, 3.63) is 48.0 Å². The second-order valence-electron chi connectivity index (χ2n) is 8.26. The van der Waals surface area contributed by atoms with Gasteiger partial charge in [-0.15, -0.1) is 0 Å². The van der Waals surface area contributed by atoms with Gasteiger partial charge in [0.25, 0.3) is 5.91 Å². The molecule has 2 N–H and O–H groups in total. The van der Waals surface area contributed by atoms with Crippen molar-refractivity contribution in [2.75, 3.05) is 37.5 Å². The summed E-state index contributed by atoms with van der Waals surface area (Å²) in [5.74, 6) is 0.00685. The van der Waals surface area contributed by atoms with Crippen LogP contribution in [0.15, 0.2) is 42.5 Å². The zero-order chi connectivity index (χ0) is 24.5. The highest BCUT2D eigenvalue weighted by Crippen LogP contribution is 2.34. The minimum atomic E-state index is -1.29. The van der Waals surface area contributed by atoms with Gasteiger partial charge in [-0.25, -0.2) is 4.79 Å². The van der Waals surface area contributed by atoms with Gasteiger partial charge in [0, 0.05) is 24.7 Å². The quantitative estimate of drug-likeness (QED) is 0.605. The Labute approximate surface area is 196 Å². The molecule has 10 nitrogen and oxygen atoms in total. The molecule has 2 fully saturated rings. The maximum absolute atomic E-state index is 13.1. The molecule has 10 heteroatoms. The van der Waals surface area contributed by atoms with Crippen molar-refractivity contribution < 1.29 is 28.7 Å². The van der Waals surface area contributed by atoms with Gasteiger partial charge in [0.2, 0.25) is 11.8 Å². The highest BCUT2D eigenvalue weighted by Gasteiger charge is 2.49. The van der Waals surface area contributed by atoms with Crippen molar-refractivity contribution >= 4 is 35.1 Å². The SMILES string of the molecule is COc1ccc(C2(C)NC(=O)N(CC(=O)Nc3ccc(N4CCCC4=O)c(OC)c3)C2=O)cc1. The van der Waals surface area contributed by atoms with E-state index in [1.165, 1.54) is 14.2 Å². The second kappa shape index (κ2) is 9.05. The Bertz CT molecular complexity index is 1150. The van der Waals surface area contributed by atoms with Gasteiger partial charge < -0.3 is 25.0 Å². The third-order valence-corrected chi connectivity index (χ3v) is 6.07. The zero-order valence-electron chi connectivity index (χ0n) is 19.2. The van der Waals surface area contributed by atoms with Crippen LogP contribution in [0.2, 0.25) is 0 Å². The van der Waals surface area contributed by atoms with E-state index in [0.29, 0.717) is 41.4 Å². The van der Waals surface area contributed by atoms with Crippen molar-refractivity contribution in [3.8, 4) is 11.5 Å². The third-order valence-electron chi connectivity index (χ3n) is 6.07. The van der Waals surface area contributed by atoms with E-state index in [-0.39, 0.29) is 5.91 Å². The molecule has 2 heterocycles. The van der Waals surface area contributed by atoms with Crippen molar-refractivity contribution in [2.24, 2.45) is 0 Å². The summed E-state index contributed by atoms with van der Waals surface area (Å²) in [7, 11) is 3.02. The van der Waals surface area contributed by atoms with Crippen molar-refractivity contribution in [1.82, 2.24) is 10.2 Å². The zero-order valence-corrected chi connectivity index (χ0v) is 19.2. The maximum Gasteiger partial charge on any atom is 0.325 e. The van der Waals surface area contributed by atoms with E-state index in [9.17, 15) is 19.2 Å². The predicted octanol–water partition coefficient (Wildman–Crippen LogP) is 2.24. The second-order valence-corrected chi connectivity index (χ2v) is 8.26. The van der Waals surface area contributed by atoms with Crippen molar-refractivity contribution in [2.45, 2.75) is 25.3 Å². The number of nitrogens with one attached hydrogen (secondary N) is 2. The summed E-state index contributed by atoms with van der Waals surface area (Å²) < 4.78 is 10.5. The van der Waals surface area contributed by atoms with Crippen LogP contribution in [0.4, 0.5) is 16.2 Å².